The number of nitrogen functional groups attached to an aromatic ring is 1. The third-order valence-corrected chi connectivity index (χ3v) is 2.53. The van der Waals surface area contributed by atoms with Crippen LogP contribution in [0.2, 0.25) is 0 Å². The Kier molecular flexibility index (Phi) is 4.88. The average Bonchev–Trinajstić information content (AvgIpc) is 2.27. The Morgan fingerprint density at radius 1 is 1.29 bits per heavy atom. The van der Waals surface area contributed by atoms with Gasteiger partial charge in [-0.15, -0.1) is 0 Å². The second-order valence-corrected chi connectivity index (χ2v) is 5.66. The van der Waals surface area contributed by atoms with E-state index in [-0.39, 0.29) is 11.4 Å². The van der Waals surface area contributed by atoms with E-state index in [0.717, 1.165) is 12.1 Å². The van der Waals surface area contributed by atoms with E-state index in [1.54, 1.807) is 20.8 Å². The van der Waals surface area contributed by atoms with E-state index >= 15 is 0 Å². The molecule has 0 aliphatic carbocycles. The Hall–Kier alpha value is -1.76. The first-order chi connectivity index (χ1) is 9.40. The smallest absolute Gasteiger partial charge is 0.398 e. The van der Waals surface area contributed by atoms with Crippen LogP contribution in [-0.2, 0) is 15.7 Å². The molecule has 0 spiro atoms. The quantitative estimate of drug-likeness (QED) is 0.841. The Balaban J connectivity index is 2.87. The third-order valence-electron chi connectivity index (χ3n) is 2.53. The Labute approximate surface area is 121 Å². The van der Waals surface area contributed by atoms with Gasteiger partial charge in [0.05, 0.1) is 11.2 Å². The second kappa shape index (κ2) is 5.93. The highest BCUT2D eigenvalue weighted by molar-refractivity contribution is 5.94. The van der Waals surface area contributed by atoms with Crippen LogP contribution in [0.5, 0.6) is 0 Å². The molecule has 4 nitrogen and oxygen atoms in total. The fraction of sp³-hybridized carbons (Fsp3) is 0.500. The van der Waals surface area contributed by atoms with Crippen molar-refractivity contribution < 1.29 is 22.7 Å². The minimum atomic E-state index is -4.57. The molecule has 1 amide bonds. The van der Waals surface area contributed by atoms with Gasteiger partial charge in [0.15, 0.2) is 0 Å². The van der Waals surface area contributed by atoms with Crippen molar-refractivity contribution in [1.82, 2.24) is 0 Å². The number of ether oxygens (including phenoxy) is 1. The number of amides is 1. The van der Waals surface area contributed by atoms with Gasteiger partial charge in [-0.3, -0.25) is 4.79 Å². The van der Waals surface area contributed by atoms with Gasteiger partial charge in [-0.25, -0.2) is 0 Å². The lowest BCUT2D eigenvalue weighted by Crippen LogP contribution is -2.34. The topological polar surface area (TPSA) is 64.3 Å². The highest BCUT2D eigenvalue weighted by Crippen LogP contribution is 2.35. The van der Waals surface area contributed by atoms with Gasteiger partial charge in [0.1, 0.15) is 6.10 Å². The molecule has 0 radical (unpaired) electrons. The maximum absolute atomic E-state index is 12.7. The van der Waals surface area contributed by atoms with Crippen LogP contribution in [0.25, 0.3) is 0 Å². The van der Waals surface area contributed by atoms with Crippen molar-refractivity contribution in [3.8, 4) is 0 Å². The molecule has 0 saturated carbocycles. The normalized spacial score (nSPS) is 13.9. The summed E-state index contributed by atoms with van der Waals surface area (Å²) in [6.45, 7) is 6.87. The van der Waals surface area contributed by atoms with Crippen LogP contribution in [0.4, 0.5) is 24.5 Å². The van der Waals surface area contributed by atoms with Crippen LogP contribution in [0, 0.1) is 0 Å². The average molecular weight is 304 g/mol. The van der Waals surface area contributed by atoms with E-state index in [2.05, 4.69) is 5.32 Å². The van der Waals surface area contributed by atoms with Crippen LogP contribution < -0.4 is 11.1 Å². The molecule has 1 aromatic rings. The van der Waals surface area contributed by atoms with Gasteiger partial charge in [-0.05, 0) is 45.9 Å². The number of anilines is 2. The number of benzene rings is 1. The number of nitrogens with one attached hydrogen (secondary N) is 1. The van der Waals surface area contributed by atoms with Crippen LogP contribution in [0.3, 0.4) is 0 Å². The molecule has 0 aromatic heterocycles. The molecular formula is C14H19F3N2O2. The molecule has 0 aliphatic heterocycles. The van der Waals surface area contributed by atoms with Gasteiger partial charge in [0.2, 0.25) is 0 Å². The van der Waals surface area contributed by atoms with Gasteiger partial charge in [-0.1, -0.05) is 0 Å². The van der Waals surface area contributed by atoms with Crippen molar-refractivity contribution in [3.63, 3.8) is 0 Å². The van der Waals surface area contributed by atoms with Crippen LogP contribution in [0.1, 0.15) is 33.3 Å². The first-order valence-corrected chi connectivity index (χ1v) is 6.35. The molecule has 0 heterocycles. The van der Waals surface area contributed by atoms with Crippen molar-refractivity contribution in [2.24, 2.45) is 0 Å². The summed E-state index contributed by atoms with van der Waals surface area (Å²) in [5.74, 6) is -0.525. The van der Waals surface area contributed by atoms with Gasteiger partial charge in [-0.2, -0.15) is 13.2 Å². The highest BCUT2D eigenvalue weighted by atomic mass is 19.4. The molecule has 118 valence electrons. The summed E-state index contributed by atoms with van der Waals surface area (Å²) < 4.78 is 43.6. The summed E-state index contributed by atoms with van der Waals surface area (Å²) in [7, 11) is 0. The maximum atomic E-state index is 12.7. The minimum absolute atomic E-state index is 0.0193. The molecule has 3 N–H and O–H groups in total. The highest BCUT2D eigenvalue weighted by Gasteiger charge is 2.33. The molecular weight excluding hydrogens is 285 g/mol. The molecule has 0 aliphatic rings. The van der Waals surface area contributed by atoms with Gasteiger partial charge >= 0.3 is 6.18 Å². The summed E-state index contributed by atoms with van der Waals surface area (Å²) in [5.41, 5.74) is 3.41. The maximum Gasteiger partial charge on any atom is 0.418 e. The lowest BCUT2D eigenvalue weighted by atomic mass is 10.1. The molecule has 21 heavy (non-hydrogen) atoms. The number of hydrogen-bond donors (Lipinski definition) is 2. The zero-order chi connectivity index (χ0) is 16.4. The van der Waals surface area contributed by atoms with Crippen LogP contribution >= 0.6 is 0 Å². The summed E-state index contributed by atoms with van der Waals surface area (Å²) in [6, 6.07) is 3.22. The number of carbonyl (C=O) groups excluding carboxylic acids is 1. The SMILES string of the molecule is CC(OC(C)(C)C)C(=O)Nc1ccc(N)c(C(F)(F)F)c1. The standard InChI is InChI=1S/C14H19F3N2O2/c1-8(21-13(2,3)4)12(20)19-9-5-6-11(18)10(7-9)14(15,16)17/h5-8H,18H2,1-4H3,(H,19,20). The fourth-order valence-corrected chi connectivity index (χ4v) is 1.71. The lowest BCUT2D eigenvalue weighted by Gasteiger charge is -2.24. The number of nitrogens with two attached hydrogens (primary N) is 1. The van der Waals surface area contributed by atoms with Crippen molar-refractivity contribution in [2.75, 3.05) is 11.1 Å². The lowest BCUT2D eigenvalue weighted by molar-refractivity contribution is -0.137. The molecule has 1 atom stereocenters. The zero-order valence-electron chi connectivity index (χ0n) is 12.3. The van der Waals surface area contributed by atoms with E-state index in [0.29, 0.717) is 0 Å². The number of carbonyl (C=O) groups is 1. The van der Waals surface area contributed by atoms with Gasteiger partial charge in [0, 0.05) is 11.4 Å². The Morgan fingerprint density at radius 3 is 2.33 bits per heavy atom. The van der Waals surface area contributed by atoms with Crippen LogP contribution in [0.15, 0.2) is 18.2 Å². The number of alkyl halides is 3. The second-order valence-electron chi connectivity index (χ2n) is 5.66. The minimum Gasteiger partial charge on any atom is -0.398 e. The molecule has 0 saturated heterocycles. The van der Waals surface area contributed by atoms with E-state index in [9.17, 15) is 18.0 Å². The van der Waals surface area contributed by atoms with Crippen molar-refractivity contribution >= 4 is 17.3 Å². The van der Waals surface area contributed by atoms with Crippen molar-refractivity contribution in [2.45, 2.75) is 45.6 Å². The summed E-state index contributed by atoms with van der Waals surface area (Å²) in [5, 5.41) is 2.38. The summed E-state index contributed by atoms with van der Waals surface area (Å²) in [6.07, 6.45) is -5.37. The van der Waals surface area contributed by atoms with Gasteiger partial charge in [0.25, 0.3) is 5.91 Å². The van der Waals surface area contributed by atoms with E-state index in [1.165, 1.54) is 13.0 Å². The summed E-state index contributed by atoms with van der Waals surface area (Å²) in [4.78, 5) is 11.9. The molecule has 1 rings (SSSR count). The van der Waals surface area contributed by atoms with Crippen LogP contribution in [-0.4, -0.2) is 17.6 Å². The van der Waals surface area contributed by atoms with Gasteiger partial charge < -0.3 is 15.8 Å². The predicted octanol–water partition coefficient (Wildman–Crippen LogP) is 3.43. The first kappa shape index (κ1) is 17.3. The van der Waals surface area contributed by atoms with E-state index < -0.39 is 29.4 Å². The molecule has 0 bridgehead atoms. The third kappa shape index (κ3) is 5.26. The van der Waals surface area contributed by atoms with Crippen molar-refractivity contribution in [3.05, 3.63) is 23.8 Å². The fourth-order valence-electron chi connectivity index (χ4n) is 1.71. The van der Waals surface area contributed by atoms with E-state index in [1.807, 2.05) is 0 Å². The van der Waals surface area contributed by atoms with Crippen molar-refractivity contribution in [1.29, 1.82) is 0 Å². The van der Waals surface area contributed by atoms with E-state index in [4.69, 9.17) is 10.5 Å². The number of rotatable bonds is 3. The molecule has 0 fully saturated rings. The Bertz CT molecular complexity index is 522. The number of halogens is 3. The largest absolute Gasteiger partial charge is 0.418 e. The summed E-state index contributed by atoms with van der Waals surface area (Å²) >= 11 is 0. The Morgan fingerprint density at radius 2 is 1.86 bits per heavy atom. The molecule has 7 heteroatoms. The zero-order valence-corrected chi connectivity index (χ0v) is 12.3. The monoisotopic (exact) mass is 304 g/mol. The first-order valence-electron chi connectivity index (χ1n) is 6.35. The number of hydrogen-bond acceptors (Lipinski definition) is 3. The molecule has 1 unspecified atom stereocenters. The predicted molar refractivity (Wildman–Crippen MR) is 74.8 cm³/mol. The molecule has 1 aromatic carbocycles.